The molecule has 8 N–H and O–H groups in total. The standard InChI is InChI=1S/C53H49ClN4O14/c1-23-48(64)34(56-19-25-7-9-29-31(11-25)43-27(18-54)20-58(35(43)15-36(29)62)52(68)39-13-26-12-28(57-24(2)61)8-10-37(26)71-39)14-42(70-23)72-40-17-53(55,41(63)22-60)16-32-44(40)33(21-59)46-47(50(32)66)49(65)30-5-4-6-38(69-3)45(30)51(46)67/h4-13,15,21,23,27,34,40,42,48,56,60,62,64,66H,14,16-20,22,55H2,1-3H3,(H,57,61)/t23-,27?,34-,40-,42+,48+,53-/m0/s1. The van der Waals surface area contributed by atoms with E-state index in [9.17, 15) is 49.2 Å². The Balaban J connectivity index is 0.934. The molecule has 4 aliphatic rings. The number of benzene rings is 5. The molecule has 0 saturated carbocycles. The Labute approximate surface area is 415 Å². The number of ketones is 3. The number of phenols is 2. The molecule has 5 aromatic carbocycles. The smallest absolute Gasteiger partial charge is 0.294 e. The number of aromatic hydroxyl groups is 2. The minimum atomic E-state index is -1.86. The normalized spacial score (nSPS) is 23.3. The van der Waals surface area contributed by atoms with E-state index in [0.29, 0.717) is 39.4 Å². The first-order valence-electron chi connectivity index (χ1n) is 23.2. The van der Waals surface area contributed by atoms with E-state index >= 15 is 0 Å². The summed E-state index contributed by atoms with van der Waals surface area (Å²) in [6.07, 6.45) is -4.70. The maximum atomic E-state index is 14.3. The summed E-state index contributed by atoms with van der Waals surface area (Å²) in [4.78, 5) is 82.2. The van der Waals surface area contributed by atoms with Gasteiger partial charge in [0.15, 0.2) is 35.7 Å². The van der Waals surface area contributed by atoms with Gasteiger partial charge >= 0.3 is 0 Å². The number of aliphatic hydroxyl groups is 2. The summed E-state index contributed by atoms with van der Waals surface area (Å²) in [7, 11) is 1.33. The molecule has 1 fully saturated rings. The lowest BCUT2D eigenvalue weighted by Gasteiger charge is -2.43. The number of nitrogens with zero attached hydrogens (tertiary/aromatic N) is 1. The second-order valence-electron chi connectivity index (χ2n) is 18.8. The Bertz CT molecular complexity index is 3320. The van der Waals surface area contributed by atoms with Crippen molar-refractivity contribution in [2.45, 2.75) is 81.8 Å². The first-order valence-corrected chi connectivity index (χ1v) is 23.8. The Morgan fingerprint density at radius 3 is 2.51 bits per heavy atom. The maximum Gasteiger partial charge on any atom is 0.294 e. The highest BCUT2D eigenvalue weighted by atomic mass is 35.5. The summed E-state index contributed by atoms with van der Waals surface area (Å²) in [5.41, 5.74) is 6.56. The zero-order valence-electron chi connectivity index (χ0n) is 39.1. The lowest BCUT2D eigenvalue weighted by Crippen LogP contribution is -2.56. The van der Waals surface area contributed by atoms with E-state index in [0.717, 1.165) is 11.1 Å². The third-order valence-electron chi connectivity index (χ3n) is 14.4. The summed E-state index contributed by atoms with van der Waals surface area (Å²) in [5.74, 6) is -3.73. The van der Waals surface area contributed by atoms with Crippen LogP contribution in [0, 0.1) is 0 Å². The zero-order valence-corrected chi connectivity index (χ0v) is 39.9. The number of hydrogen-bond donors (Lipinski definition) is 7. The second kappa shape index (κ2) is 18.5. The molecule has 0 radical (unpaired) electrons. The van der Waals surface area contributed by atoms with E-state index in [2.05, 4.69) is 10.6 Å². The number of nitrogens with one attached hydrogen (secondary N) is 2. The molecule has 3 heterocycles. The van der Waals surface area contributed by atoms with Crippen LogP contribution in [-0.2, 0) is 32.0 Å². The van der Waals surface area contributed by atoms with Gasteiger partial charge in [-0.15, -0.1) is 11.6 Å². The highest BCUT2D eigenvalue weighted by molar-refractivity contribution is 6.32. The topological polar surface area (TPSA) is 277 Å². The van der Waals surface area contributed by atoms with Crippen molar-refractivity contribution in [2.75, 3.05) is 36.4 Å². The monoisotopic (exact) mass is 1000 g/mol. The van der Waals surface area contributed by atoms with Crippen molar-refractivity contribution in [3.8, 4) is 17.2 Å². The van der Waals surface area contributed by atoms with Gasteiger partial charge in [-0.05, 0) is 65.4 Å². The van der Waals surface area contributed by atoms with E-state index in [1.807, 2.05) is 12.1 Å². The maximum absolute atomic E-state index is 14.3. The highest BCUT2D eigenvalue weighted by Crippen LogP contribution is 2.50. The fourth-order valence-electron chi connectivity index (χ4n) is 10.9. The Morgan fingerprint density at radius 1 is 1.00 bits per heavy atom. The van der Waals surface area contributed by atoms with Crippen LogP contribution in [0.25, 0.3) is 21.7 Å². The number of fused-ring (bicyclic) bond motifs is 7. The summed E-state index contributed by atoms with van der Waals surface area (Å²) >= 11 is 6.57. The Kier molecular flexibility index (Phi) is 12.5. The first kappa shape index (κ1) is 48.6. The molecule has 10 rings (SSSR count). The Morgan fingerprint density at radius 2 is 1.79 bits per heavy atom. The molecule has 2 aliphatic carbocycles. The second-order valence-corrected chi connectivity index (χ2v) is 19.1. The number of aliphatic hydroxyl groups excluding tert-OH is 2. The fraction of sp³-hybridized carbons (Fsp3) is 0.321. The van der Waals surface area contributed by atoms with Crippen LogP contribution in [0.3, 0.4) is 0 Å². The van der Waals surface area contributed by atoms with Crippen LogP contribution in [0.1, 0.15) is 114 Å². The molecule has 19 heteroatoms. The number of Topliss-reactive ketones (excluding diaryl/α,β-unsaturated/α-hetero) is 1. The quantitative estimate of drug-likeness (QED) is 0.0592. The van der Waals surface area contributed by atoms with Crippen molar-refractivity contribution in [3.63, 3.8) is 0 Å². The number of phenolic OH excluding ortho intramolecular Hbond substituents is 2. The lowest BCUT2D eigenvalue weighted by atomic mass is 9.69. The zero-order chi connectivity index (χ0) is 51.1. The van der Waals surface area contributed by atoms with Gasteiger partial charge in [-0.2, -0.15) is 0 Å². The molecule has 1 saturated heterocycles. The van der Waals surface area contributed by atoms with Crippen molar-refractivity contribution >= 4 is 80.2 Å². The van der Waals surface area contributed by atoms with Crippen LogP contribution in [0.2, 0.25) is 0 Å². The van der Waals surface area contributed by atoms with E-state index < -0.39 is 83.8 Å². The summed E-state index contributed by atoms with van der Waals surface area (Å²) in [6.45, 7) is 2.47. The first-order chi connectivity index (χ1) is 34.5. The van der Waals surface area contributed by atoms with Gasteiger partial charge in [-0.1, -0.05) is 24.3 Å². The number of aldehydes is 1. The molecular weight excluding hydrogens is 952 g/mol. The van der Waals surface area contributed by atoms with Gasteiger partial charge in [0.1, 0.15) is 29.4 Å². The number of carbonyl (C=O) groups excluding carboxylic acids is 6. The van der Waals surface area contributed by atoms with E-state index in [4.69, 9.17) is 36.0 Å². The molecule has 1 aromatic heterocycles. The molecule has 18 nitrogen and oxygen atoms in total. The fourth-order valence-corrected chi connectivity index (χ4v) is 11.2. The number of halogens is 1. The third kappa shape index (κ3) is 7.99. The molecule has 1 unspecified atom stereocenters. The van der Waals surface area contributed by atoms with Crippen LogP contribution >= 0.6 is 11.6 Å². The average Bonchev–Trinajstić information content (AvgIpc) is 3.97. The van der Waals surface area contributed by atoms with Gasteiger partial charge in [0.2, 0.25) is 5.91 Å². The van der Waals surface area contributed by atoms with Crippen molar-refractivity contribution in [2.24, 2.45) is 5.73 Å². The number of nitrogens with two attached hydrogens (primary N) is 1. The minimum absolute atomic E-state index is 0.00367. The number of alkyl halides is 1. The molecule has 6 aromatic rings. The molecule has 7 atom stereocenters. The van der Waals surface area contributed by atoms with Crippen LogP contribution < -0.4 is 26.0 Å². The number of carbonyl (C=O) groups is 6. The molecule has 72 heavy (non-hydrogen) atoms. The molecular formula is C53H49ClN4O14. The van der Waals surface area contributed by atoms with Crippen LogP contribution in [0.5, 0.6) is 17.2 Å². The number of hydrogen-bond acceptors (Lipinski definition) is 16. The van der Waals surface area contributed by atoms with Crippen LogP contribution in [-0.4, -0.2) is 112 Å². The molecule has 0 spiro atoms. The predicted octanol–water partition coefficient (Wildman–Crippen LogP) is 5.45. The molecule has 2 amide bonds. The summed E-state index contributed by atoms with van der Waals surface area (Å²) in [6, 6.07) is 17.4. The number of amides is 2. The van der Waals surface area contributed by atoms with E-state index in [1.54, 1.807) is 37.3 Å². The number of ether oxygens (including phenoxy) is 3. The molecule has 372 valence electrons. The van der Waals surface area contributed by atoms with E-state index in [-0.39, 0.29) is 94.3 Å². The van der Waals surface area contributed by atoms with Gasteiger partial charge in [0, 0.05) is 102 Å². The summed E-state index contributed by atoms with van der Waals surface area (Å²) in [5, 5.41) is 52.7. The number of rotatable bonds is 12. The van der Waals surface area contributed by atoms with Gasteiger partial charge in [-0.3, -0.25) is 28.8 Å². The number of anilines is 2. The Hall–Kier alpha value is -7.03. The van der Waals surface area contributed by atoms with Crippen molar-refractivity contribution in [1.29, 1.82) is 0 Å². The number of furan rings is 1. The minimum Gasteiger partial charge on any atom is -0.507 e. The SMILES string of the molecule is COc1cccc2c1C(=O)c1c(C=O)c3c(c(O)c1C2=O)C[C@@](N)(C(=O)CO)C[C@@H]3O[C@@H]1C[C@H](NCc2ccc3c(O)cc4c(c3c2)C(CCl)CN4C(=O)c2cc3cc(NC(C)=O)ccc3o2)[C@H](O)[C@H](C)O1. The lowest BCUT2D eigenvalue weighted by molar-refractivity contribution is -0.246. The van der Waals surface area contributed by atoms with E-state index in [1.165, 1.54) is 43.2 Å². The van der Waals surface area contributed by atoms with Gasteiger partial charge in [0.25, 0.3) is 5.91 Å². The highest BCUT2D eigenvalue weighted by Gasteiger charge is 2.49. The van der Waals surface area contributed by atoms with Crippen molar-refractivity contribution in [1.82, 2.24) is 5.32 Å². The van der Waals surface area contributed by atoms with Crippen molar-refractivity contribution in [3.05, 3.63) is 123 Å². The molecule has 2 aliphatic heterocycles. The van der Waals surface area contributed by atoms with Crippen LogP contribution in [0.15, 0.2) is 71.1 Å². The largest absolute Gasteiger partial charge is 0.507 e. The van der Waals surface area contributed by atoms with Crippen molar-refractivity contribution < 1.29 is 67.8 Å². The predicted molar refractivity (Wildman–Crippen MR) is 261 cm³/mol. The van der Waals surface area contributed by atoms with Gasteiger partial charge in [0.05, 0.1) is 47.8 Å². The number of methoxy groups -OCH3 is 1. The third-order valence-corrected chi connectivity index (χ3v) is 14.8. The van der Waals surface area contributed by atoms with Gasteiger partial charge < -0.3 is 60.3 Å². The van der Waals surface area contributed by atoms with Gasteiger partial charge in [-0.25, -0.2) is 0 Å². The summed E-state index contributed by atoms with van der Waals surface area (Å²) < 4.78 is 24.1. The average molecular weight is 1000 g/mol. The molecule has 0 bridgehead atoms. The van der Waals surface area contributed by atoms with Crippen LogP contribution in [0.4, 0.5) is 11.4 Å².